The molecule has 4 rings (SSSR count). The normalized spacial score (nSPS) is 11.1. The van der Waals surface area contributed by atoms with E-state index in [2.05, 4.69) is 21.8 Å². The maximum Gasteiger partial charge on any atom is 0.285 e. The third-order valence-corrected chi connectivity index (χ3v) is 4.03. The van der Waals surface area contributed by atoms with Crippen molar-refractivity contribution in [2.45, 2.75) is 0 Å². The van der Waals surface area contributed by atoms with E-state index in [0.29, 0.717) is 23.4 Å². The van der Waals surface area contributed by atoms with Gasteiger partial charge >= 0.3 is 0 Å². The molecule has 0 radical (unpaired) electrons. The van der Waals surface area contributed by atoms with Crippen molar-refractivity contribution in [3.8, 4) is 11.4 Å². The summed E-state index contributed by atoms with van der Waals surface area (Å²) in [6.07, 6.45) is 6.15. The molecule has 7 heteroatoms. The van der Waals surface area contributed by atoms with Crippen LogP contribution in [0.15, 0.2) is 89.7 Å². The number of nitrogens with zero attached hydrogens (tertiary/aromatic N) is 5. The molecule has 0 aliphatic heterocycles. The van der Waals surface area contributed by atoms with Gasteiger partial charge < -0.3 is 4.74 Å². The Bertz CT molecular complexity index is 1210. The van der Waals surface area contributed by atoms with Crippen LogP contribution < -0.4 is 10.3 Å². The van der Waals surface area contributed by atoms with Crippen LogP contribution in [0.3, 0.4) is 0 Å². The van der Waals surface area contributed by atoms with E-state index in [9.17, 15) is 4.79 Å². The lowest BCUT2D eigenvalue weighted by molar-refractivity contribution is 0.363. The zero-order chi connectivity index (χ0) is 19.3. The summed E-state index contributed by atoms with van der Waals surface area (Å²) in [5.74, 6) is 0.703. The molecule has 0 aliphatic rings. The van der Waals surface area contributed by atoms with Gasteiger partial charge in [0.15, 0.2) is 5.65 Å². The molecule has 2 aromatic carbocycles. The van der Waals surface area contributed by atoms with Crippen LogP contribution in [0.5, 0.6) is 5.75 Å². The number of aromatic nitrogens is 4. The van der Waals surface area contributed by atoms with E-state index in [1.165, 1.54) is 17.2 Å². The predicted octanol–water partition coefficient (Wildman–Crippen LogP) is 3.03. The van der Waals surface area contributed by atoms with Crippen molar-refractivity contribution in [1.82, 2.24) is 19.4 Å². The maximum atomic E-state index is 12.7. The molecule has 0 amide bonds. The molecule has 2 aromatic heterocycles. The maximum absolute atomic E-state index is 12.7. The highest BCUT2D eigenvalue weighted by molar-refractivity contribution is 5.80. The van der Waals surface area contributed by atoms with Gasteiger partial charge in [-0.1, -0.05) is 43.0 Å². The summed E-state index contributed by atoms with van der Waals surface area (Å²) in [5, 5.41) is 8.92. The molecule has 0 fully saturated rings. The van der Waals surface area contributed by atoms with E-state index < -0.39 is 0 Å². The SMILES string of the molecule is C=CCOc1cccc(/C=N\n2cnc3c(cnn3-c3ccccc3)c2=O)c1. The fourth-order valence-electron chi connectivity index (χ4n) is 2.71. The van der Waals surface area contributed by atoms with Crippen LogP contribution in [0.25, 0.3) is 16.7 Å². The minimum absolute atomic E-state index is 0.289. The number of hydrogen-bond donors (Lipinski definition) is 0. The number of fused-ring (bicyclic) bond motifs is 1. The van der Waals surface area contributed by atoms with Crippen LogP contribution in [0.1, 0.15) is 5.56 Å². The van der Waals surface area contributed by atoms with Crippen LogP contribution >= 0.6 is 0 Å². The lowest BCUT2D eigenvalue weighted by Gasteiger charge is -2.04. The van der Waals surface area contributed by atoms with Crippen molar-refractivity contribution in [1.29, 1.82) is 0 Å². The highest BCUT2D eigenvalue weighted by Crippen LogP contribution is 2.14. The lowest BCUT2D eigenvalue weighted by Crippen LogP contribution is -2.17. The van der Waals surface area contributed by atoms with Crippen molar-refractivity contribution in [2.24, 2.45) is 5.10 Å². The van der Waals surface area contributed by atoms with Crippen molar-refractivity contribution in [2.75, 3.05) is 6.61 Å². The number of rotatable bonds is 6. The smallest absolute Gasteiger partial charge is 0.285 e. The summed E-state index contributed by atoms with van der Waals surface area (Å²) >= 11 is 0. The first-order valence-electron chi connectivity index (χ1n) is 8.65. The molecule has 0 spiro atoms. The molecule has 4 aromatic rings. The summed E-state index contributed by atoms with van der Waals surface area (Å²) in [6.45, 7) is 4.05. The van der Waals surface area contributed by atoms with Gasteiger partial charge in [0, 0.05) is 0 Å². The minimum atomic E-state index is -0.289. The van der Waals surface area contributed by atoms with Gasteiger partial charge in [-0.05, 0) is 29.8 Å². The Kier molecular flexibility index (Phi) is 4.79. The van der Waals surface area contributed by atoms with E-state index in [0.717, 1.165) is 11.3 Å². The summed E-state index contributed by atoms with van der Waals surface area (Å²) in [4.78, 5) is 17.1. The number of benzene rings is 2. The summed E-state index contributed by atoms with van der Waals surface area (Å²) in [6, 6.07) is 16.9. The first-order valence-corrected chi connectivity index (χ1v) is 8.65. The molecule has 0 aliphatic carbocycles. The molecule has 0 saturated carbocycles. The first kappa shape index (κ1) is 17.4. The Labute approximate surface area is 160 Å². The third-order valence-electron chi connectivity index (χ3n) is 4.03. The van der Waals surface area contributed by atoms with Gasteiger partial charge in [0.1, 0.15) is 24.1 Å². The highest BCUT2D eigenvalue weighted by atomic mass is 16.5. The Balaban J connectivity index is 1.65. The van der Waals surface area contributed by atoms with Crippen molar-refractivity contribution in [3.05, 3.63) is 95.7 Å². The molecule has 0 atom stereocenters. The average molecular weight is 371 g/mol. The van der Waals surface area contributed by atoms with E-state index >= 15 is 0 Å². The Morgan fingerprint density at radius 1 is 1.14 bits per heavy atom. The molecule has 0 unspecified atom stereocenters. The van der Waals surface area contributed by atoms with Crippen LogP contribution in [0.2, 0.25) is 0 Å². The topological polar surface area (TPSA) is 74.3 Å². The Morgan fingerprint density at radius 3 is 2.82 bits per heavy atom. The van der Waals surface area contributed by atoms with E-state index in [4.69, 9.17) is 4.74 Å². The minimum Gasteiger partial charge on any atom is -0.490 e. The highest BCUT2D eigenvalue weighted by Gasteiger charge is 2.10. The fraction of sp³-hybridized carbons (Fsp3) is 0.0476. The largest absolute Gasteiger partial charge is 0.490 e. The van der Waals surface area contributed by atoms with E-state index in [1.807, 2.05) is 54.6 Å². The zero-order valence-electron chi connectivity index (χ0n) is 15.0. The Hall–Kier alpha value is -4.00. The van der Waals surface area contributed by atoms with Gasteiger partial charge in [-0.2, -0.15) is 14.9 Å². The predicted molar refractivity (Wildman–Crippen MR) is 108 cm³/mol. The second-order valence-electron chi connectivity index (χ2n) is 5.94. The van der Waals surface area contributed by atoms with Gasteiger partial charge in [-0.25, -0.2) is 9.67 Å². The molecule has 0 saturated heterocycles. The molecule has 138 valence electrons. The quantitative estimate of drug-likeness (QED) is 0.386. The number of hydrogen-bond acceptors (Lipinski definition) is 5. The van der Waals surface area contributed by atoms with E-state index in [1.54, 1.807) is 17.0 Å². The van der Waals surface area contributed by atoms with Crippen LogP contribution in [0.4, 0.5) is 0 Å². The summed E-state index contributed by atoms with van der Waals surface area (Å²) in [7, 11) is 0. The van der Waals surface area contributed by atoms with Gasteiger partial charge in [0.2, 0.25) is 0 Å². The Morgan fingerprint density at radius 2 is 2.00 bits per heavy atom. The first-order chi connectivity index (χ1) is 13.8. The standard InChI is InChI=1S/C21H17N5O2/c1-2-11-28-18-10-6-7-16(12-18)13-23-25-15-22-20-19(21(25)27)14-24-26(20)17-8-4-3-5-9-17/h2-10,12-15H,1,11H2/b23-13-. The second kappa shape index (κ2) is 7.71. The van der Waals surface area contributed by atoms with E-state index in [-0.39, 0.29) is 5.56 Å². The fourth-order valence-corrected chi connectivity index (χ4v) is 2.71. The third kappa shape index (κ3) is 3.45. The molecular weight excluding hydrogens is 354 g/mol. The number of para-hydroxylation sites is 1. The molecule has 0 bridgehead atoms. The monoisotopic (exact) mass is 371 g/mol. The van der Waals surface area contributed by atoms with Crippen molar-refractivity contribution < 1.29 is 4.74 Å². The van der Waals surface area contributed by atoms with Crippen LogP contribution in [-0.4, -0.2) is 32.3 Å². The molecule has 2 heterocycles. The zero-order valence-corrected chi connectivity index (χ0v) is 15.0. The molecular formula is C21H17N5O2. The summed E-state index contributed by atoms with van der Waals surface area (Å²) < 4.78 is 8.32. The molecule has 28 heavy (non-hydrogen) atoms. The van der Waals surface area contributed by atoms with Crippen LogP contribution in [0, 0.1) is 0 Å². The lowest BCUT2D eigenvalue weighted by atomic mass is 10.2. The molecule has 0 N–H and O–H groups in total. The summed E-state index contributed by atoms with van der Waals surface area (Å²) in [5.41, 5.74) is 1.83. The van der Waals surface area contributed by atoms with Crippen molar-refractivity contribution in [3.63, 3.8) is 0 Å². The molecule has 7 nitrogen and oxygen atoms in total. The van der Waals surface area contributed by atoms with Crippen LogP contribution in [-0.2, 0) is 0 Å². The van der Waals surface area contributed by atoms with Gasteiger partial charge in [0.25, 0.3) is 5.56 Å². The van der Waals surface area contributed by atoms with Gasteiger partial charge in [0.05, 0.1) is 18.1 Å². The van der Waals surface area contributed by atoms with Crippen molar-refractivity contribution >= 4 is 17.2 Å². The van der Waals surface area contributed by atoms with Gasteiger partial charge in [-0.3, -0.25) is 4.79 Å². The average Bonchev–Trinajstić information content (AvgIpc) is 3.18. The van der Waals surface area contributed by atoms with Gasteiger partial charge in [-0.15, -0.1) is 0 Å². The number of ether oxygens (including phenoxy) is 1. The second-order valence-corrected chi connectivity index (χ2v) is 5.94.